The Hall–Kier alpha value is -4.13. The summed E-state index contributed by atoms with van der Waals surface area (Å²) in [5.41, 5.74) is 3.52. The first kappa shape index (κ1) is 25.5. The van der Waals surface area contributed by atoms with Crippen LogP contribution in [0, 0.1) is 0 Å². The van der Waals surface area contributed by atoms with Crippen molar-refractivity contribution in [1.29, 1.82) is 0 Å². The van der Waals surface area contributed by atoms with E-state index in [4.69, 9.17) is 4.74 Å². The van der Waals surface area contributed by atoms with Gasteiger partial charge in [-0.2, -0.15) is 0 Å². The standard InChI is InChI=1S/C31H34N4O3/c1-38-26-11-7-8-22(18-26)21-35(29(36)19-24-20-33-28-13-6-5-12-27(24)28)30(23-14-16-32-17-15-23)31(37)34-25-9-3-2-4-10-25/h5-8,11-18,20,25,30,33H,2-4,9-10,19,21H2,1H3,(H,34,37). The van der Waals surface area contributed by atoms with Crippen molar-refractivity contribution in [2.45, 2.75) is 57.2 Å². The molecule has 0 aliphatic heterocycles. The number of H-pyrrole nitrogens is 1. The lowest BCUT2D eigenvalue weighted by Crippen LogP contribution is -2.47. The second-order valence-corrected chi connectivity index (χ2v) is 9.94. The molecule has 1 aliphatic rings. The minimum atomic E-state index is -0.788. The normalized spacial score (nSPS) is 14.7. The molecule has 5 rings (SSSR count). The fraction of sp³-hybridized carbons (Fsp3) is 0.323. The molecule has 4 aromatic rings. The second kappa shape index (κ2) is 11.9. The summed E-state index contributed by atoms with van der Waals surface area (Å²) in [7, 11) is 1.62. The number of ether oxygens (including phenoxy) is 1. The number of nitrogens with zero attached hydrogens (tertiary/aromatic N) is 2. The highest BCUT2D eigenvalue weighted by Crippen LogP contribution is 2.28. The maximum Gasteiger partial charge on any atom is 0.247 e. The topological polar surface area (TPSA) is 87.3 Å². The molecule has 2 amide bonds. The highest BCUT2D eigenvalue weighted by atomic mass is 16.5. The van der Waals surface area contributed by atoms with Crippen molar-refractivity contribution in [3.8, 4) is 5.75 Å². The van der Waals surface area contributed by atoms with Crippen LogP contribution in [0.5, 0.6) is 5.75 Å². The maximum absolute atomic E-state index is 14.1. The summed E-state index contributed by atoms with van der Waals surface area (Å²) in [4.78, 5) is 37.2. The molecule has 196 valence electrons. The Bertz CT molecular complexity index is 1380. The zero-order valence-corrected chi connectivity index (χ0v) is 21.7. The first-order chi connectivity index (χ1) is 18.6. The van der Waals surface area contributed by atoms with Crippen LogP contribution in [0.1, 0.15) is 54.8 Å². The predicted octanol–water partition coefficient (Wildman–Crippen LogP) is 5.33. The van der Waals surface area contributed by atoms with Crippen molar-refractivity contribution in [1.82, 2.24) is 20.2 Å². The lowest BCUT2D eigenvalue weighted by molar-refractivity contribution is -0.141. The Morgan fingerprint density at radius 1 is 1.05 bits per heavy atom. The molecule has 0 bridgehead atoms. The molecule has 1 aliphatic carbocycles. The first-order valence-corrected chi connectivity index (χ1v) is 13.3. The molecule has 1 atom stereocenters. The third-order valence-corrected chi connectivity index (χ3v) is 7.36. The number of carbonyl (C=O) groups is 2. The highest BCUT2D eigenvalue weighted by molar-refractivity contribution is 5.92. The molecule has 0 radical (unpaired) electrons. The molecule has 2 N–H and O–H groups in total. The molecule has 2 aromatic carbocycles. The molecule has 1 saturated carbocycles. The van der Waals surface area contributed by atoms with Gasteiger partial charge in [-0.1, -0.05) is 49.6 Å². The van der Waals surface area contributed by atoms with Gasteiger partial charge in [0.05, 0.1) is 13.5 Å². The van der Waals surface area contributed by atoms with Gasteiger partial charge in [0, 0.05) is 42.1 Å². The van der Waals surface area contributed by atoms with Gasteiger partial charge in [-0.05, 0) is 59.9 Å². The molecule has 2 aromatic heterocycles. The van der Waals surface area contributed by atoms with Crippen LogP contribution < -0.4 is 10.1 Å². The van der Waals surface area contributed by atoms with E-state index >= 15 is 0 Å². The molecule has 1 fully saturated rings. The fourth-order valence-corrected chi connectivity index (χ4v) is 5.38. The van der Waals surface area contributed by atoms with E-state index in [-0.39, 0.29) is 30.8 Å². The Kier molecular flexibility index (Phi) is 8.02. The smallest absolute Gasteiger partial charge is 0.247 e. The third-order valence-electron chi connectivity index (χ3n) is 7.36. The van der Waals surface area contributed by atoms with E-state index in [2.05, 4.69) is 15.3 Å². The maximum atomic E-state index is 14.1. The van der Waals surface area contributed by atoms with Crippen LogP contribution in [0.4, 0.5) is 0 Å². The van der Waals surface area contributed by atoms with Crippen LogP contribution >= 0.6 is 0 Å². The SMILES string of the molecule is COc1cccc(CN(C(=O)Cc2c[nH]c3ccccc23)C(C(=O)NC2CCCCC2)c2ccncc2)c1. The molecule has 7 nitrogen and oxygen atoms in total. The van der Waals surface area contributed by atoms with Gasteiger partial charge in [0.2, 0.25) is 11.8 Å². The summed E-state index contributed by atoms with van der Waals surface area (Å²) in [6, 6.07) is 18.6. The van der Waals surface area contributed by atoms with E-state index < -0.39 is 6.04 Å². The number of nitrogens with one attached hydrogen (secondary N) is 2. The van der Waals surface area contributed by atoms with Gasteiger partial charge >= 0.3 is 0 Å². The molecule has 7 heteroatoms. The van der Waals surface area contributed by atoms with Gasteiger partial charge in [-0.15, -0.1) is 0 Å². The number of aromatic nitrogens is 2. The molecule has 2 heterocycles. The van der Waals surface area contributed by atoms with Crippen LogP contribution in [0.3, 0.4) is 0 Å². The Morgan fingerprint density at radius 3 is 2.63 bits per heavy atom. The number of hydrogen-bond donors (Lipinski definition) is 2. The number of amides is 2. The van der Waals surface area contributed by atoms with Crippen molar-refractivity contribution in [2.75, 3.05) is 7.11 Å². The van der Waals surface area contributed by atoms with Crippen molar-refractivity contribution >= 4 is 22.7 Å². The Morgan fingerprint density at radius 2 is 1.84 bits per heavy atom. The van der Waals surface area contributed by atoms with Gasteiger partial charge < -0.3 is 19.9 Å². The van der Waals surface area contributed by atoms with Gasteiger partial charge in [0.25, 0.3) is 0 Å². The number of carbonyl (C=O) groups excluding carboxylic acids is 2. The number of para-hydroxylation sites is 1. The van der Waals surface area contributed by atoms with Gasteiger partial charge in [0.1, 0.15) is 11.8 Å². The molecular weight excluding hydrogens is 476 g/mol. The lowest BCUT2D eigenvalue weighted by Gasteiger charge is -2.33. The largest absolute Gasteiger partial charge is 0.497 e. The van der Waals surface area contributed by atoms with E-state index in [1.54, 1.807) is 24.4 Å². The predicted molar refractivity (Wildman–Crippen MR) is 148 cm³/mol. The van der Waals surface area contributed by atoms with Crippen LogP contribution in [-0.2, 0) is 22.6 Å². The van der Waals surface area contributed by atoms with E-state index in [9.17, 15) is 9.59 Å². The summed E-state index contributed by atoms with van der Waals surface area (Å²) < 4.78 is 5.43. The molecule has 1 unspecified atom stereocenters. The second-order valence-electron chi connectivity index (χ2n) is 9.94. The summed E-state index contributed by atoms with van der Waals surface area (Å²) in [6.07, 6.45) is 10.7. The minimum absolute atomic E-state index is 0.127. The van der Waals surface area contributed by atoms with Crippen LogP contribution in [0.2, 0.25) is 0 Å². The average Bonchev–Trinajstić information content (AvgIpc) is 3.36. The number of methoxy groups -OCH3 is 1. The van der Waals surface area contributed by atoms with Gasteiger partial charge in [0.15, 0.2) is 0 Å². The molecular formula is C31H34N4O3. The van der Waals surface area contributed by atoms with E-state index in [0.717, 1.165) is 53.3 Å². The zero-order valence-electron chi connectivity index (χ0n) is 21.7. The van der Waals surface area contributed by atoms with Crippen LogP contribution in [0.25, 0.3) is 10.9 Å². The van der Waals surface area contributed by atoms with Crippen molar-refractivity contribution in [3.05, 3.63) is 95.9 Å². The summed E-state index contributed by atoms with van der Waals surface area (Å²) in [5, 5.41) is 4.27. The quantitative estimate of drug-likeness (QED) is 0.319. The number of benzene rings is 2. The van der Waals surface area contributed by atoms with Crippen LogP contribution in [-0.4, -0.2) is 39.8 Å². The van der Waals surface area contributed by atoms with Crippen LogP contribution in [0.15, 0.2) is 79.3 Å². The Balaban J connectivity index is 1.51. The van der Waals surface area contributed by atoms with Gasteiger partial charge in [-0.25, -0.2) is 0 Å². The van der Waals surface area contributed by atoms with Crippen molar-refractivity contribution in [2.24, 2.45) is 0 Å². The highest BCUT2D eigenvalue weighted by Gasteiger charge is 2.33. The number of fused-ring (bicyclic) bond motifs is 1. The number of aromatic amines is 1. The van der Waals surface area contributed by atoms with Gasteiger partial charge in [-0.3, -0.25) is 14.6 Å². The summed E-state index contributed by atoms with van der Waals surface area (Å²) in [5.74, 6) is 0.426. The summed E-state index contributed by atoms with van der Waals surface area (Å²) >= 11 is 0. The minimum Gasteiger partial charge on any atom is -0.497 e. The number of rotatable bonds is 9. The lowest BCUT2D eigenvalue weighted by atomic mass is 9.94. The summed E-state index contributed by atoms with van der Waals surface area (Å²) in [6.45, 7) is 0.267. The monoisotopic (exact) mass is 510 g/mol. The molecule has 38 heavy (non-hydrogen) atoms. The number of hydrogen-bond acceptors (Lipinski definition) is 4. The number of pyridine rings is 1. The van der Waals surface area contributed by atoms with E-state index in [1.165, 1.54) is 6.42 Å². The zero-order chi connectivity index (χ0) is 26.3. The molecule has 0 spiro atoms. The first-order valence-electron chi connectivity index (χ1n) is 13.3. The van der Waals surface area contributed by atoms with E-state index in [0.29, 0.717) is 5.75 Å². The van der Waals surface area contributed by atoms with E-state index in [1.807, 2.05) is 66.9 Å². The third kappa shape index (κ3) is 5.88. The Labute approximate surface area is 223 Å². The van der Waals surface area contributed by atoms with Crippen molar-refractivity contribution < 1.29 is 14.3 Å². The average molecular weight is 511 g/mol. The fourth-order valence-electron chi connectivity index (χ4n) is 5.38. The molecule has 0 saturated heterocycles. The van der Waals surface area contributed by atoms with Crippen molar-refractivity contribution in [3.63, 3.8) is 0 Å².